The molecule has 3 nitrogen and oxygen atoms in total. The van der Waals surface area contributed by atoms with Crippen LogP contribution < -0.4 is 0 Å². The largest absolute Gasteiger partial charge is 0.481 e. The highest BCUT2D eigenvalue weighted by Crippen LogP contribution is 2.40. The van der Waals surface area contributed by atoms with Crippen LogP contribution in [-0.2, 0) is 24.2 Å². The standard InChI is InChI=1S/C25H30ClNO2S/c1-16-21-12-13-27(30-20-6-4-3-5-7-20)15-23(21)17(2)25(22(16)14-24(28)29)18-8-10-19(26)11-9-18/h8-11,20H,3-7,12-15H2,1-2H3,(H,28,29). The lowest BCUT2D eigenvalue weighted by Crippen LogP contribution is -2.29. The lowest BCUT2D eigenvalue weighted by atomic mass is 9.81. The van der Waals surface area contributed by atoms with E-state index in [-0.39, 0.29) is 6.42 Å². The van der Waals surface area contributed by atoms with E-state index in [9.17, 15) is 9.90 Å². The number of carboxylic acid groups (broad SMARTS) is 1. The Morgan fingerprint density at radius 1 is 1.10 bits per heavy atom. The number of aliphatic carboxylic acids is 1. The quantitative estimate of drug-likeness (QED) is 0.529. The summed E-state index contributed by atoms with van der Waals surface area (Å²) in [6, 6.07) is 7.81. The molecular formula is C25H30ClNO2S. The van der Waals surface area contributed by atoms with Gasteiger partial charge in [-0.25, -0.2) is 4.31 Å². The lowest BCUT2D eigenvalue weighted by Gasteiger charge is -2.35. The zero-order chi connectivity index (χ0) is 21.3. The average molecular weight is 444 g/mol. The molecule has 30 heavy (non-hydrogen) atoms. The first-order valence-corrected chi connectivity index (χ1v) is 12.2. The maximum Gasteiger partial charge on any atom is 0.307 e. The second-order valence-electron chi connectivity index (χ2n) is 8.62. The summed E-state index contributed by atoms with van der Waals surface area (Å²) in [7, 11) is 0. The normalized spacial score (nSPS) is 17.7. The van der Waals surface area contributed by atoms with Crippen LogP contribution in [0.5, 0.6) is 0 Å². The van der Waals surface area contributed by atoms with E-state index < -0.39 is 5.97 Å². The maximum atomic E-state index is 11.7. The van der Waals surface area contributed by atoms with Crippen molar-refractivity contribution >= 4 is 29.5 Å². The van der Waals surface area contributed by atoms with E-state index in [4.69, 9.17) is 11.6 Å². The van der Waals surface area contributed by atoms with Crippen LogP contribution >= 0.6 is 23.5 Å². The fourth-order valence-corrected chi connectivity index (χ4v) is 6.59. The Labute approximate surface area is 188 Å². The summed E-state index contributed by atoms with van der Waals surface area (Å²) < 4.78 is 2.55. The van der Waals surface area contributed by atoms with Gasteiger partial charge < -0.3 is 5.11 Å². The van der Waals surface area contributed by atoms with Crippen molar-refractivity contribution in [1.29, 1.82) is 0 Å². The summed E-state index contributed by atoms with van der Waals surface area (Å²) in [5.74, 6) is -0.780. The molecule has 1 aliphatic carbocycles. The molecule has 2 aliphatic rings. The Morgan fingerprint density at radius 3 is 2.47 bits per heavy atom. The van der Waals surface area contributed by atoms with Gasteiger partial charge in [-0.2, -0.15) is 0 Å². The van der Waals surface area contributed by atoms with Crippen molar-refractivity contribution in [2.45, 2.75) is 70.6 Å². The number of fused-ring (bicyclic) bond motifs is 1. The van der Waals surface area contributed by atoms with Crippen LogP contribution in [-0.4, -0.2) is 27.2 Å². The first-order valence-electron chi connectivity index (χ1n) is 11.0. The highest BCUT2D eigenvalue weighted by atomic mass is 35.5. The van der Waals surface area contributed by atoms with Crippen LogP contribution in [0.2, 0.25) is 5.02 Å². The number of nitrogens with zero attached hydrogens (tertiary/aromatic N) is 1. The minimum absolute atomic E-state index is 0.0540. The van der Waals surface area contributed by atoms with E-state index in [1.54, 1.807) is 0 Å². The molecule has 5 heteroatoms. The third kappa shape index (κ3) is 4.56. The van der Waals surface area contributed by atoms with Gasteiger partial charge in [0.15, 0.2) is 0 Å². The molecule has 0 saturated heterocycles. The van der Waals surface area contributed by atoms with Crippen molar-refractivity contribution in [2.24, 2.45) is 0 Å². The fraction of sp³-hybridized carbons (Fsp3) is 0.480. The first-order chi connectivity index (χ1) is 14.4. The summed E-state index contributed by atoms with van der Waals surface area (Å²) in [5.41, 5.74) is 8.22. The first kappa shape index (κ1) is 21.7. The van der Waals surface area contributed by atoms with Crippen molar-refractivity contribution in [3.8, 4) is 11.1 Å². The number of halogens is 1. The summed E-state index contributed by atoms with van der Waals surface area (Å²) >= 11 is 8.18. The minimum atomic E-state index is -0.780. The molecular weight excluding hydrogens is 414 g/mol. The number of hydrogen-bond donors (Lipinski definition) is 1. The second-order valence-corrected chi connectivity index (χ2v) is 10.4. The number of rotatable bonds is 5. The van der Waals surface area contributed by atoms with Crippen molar-refractivity contribution in [2.75, 3.05) is 6.54 Å². The Balaban J connectivity index is 1.73. The number of hydrogen-bond acceptors (Lipinski definition) is 3. The molecule has 0 spiro atoms. The highest BCUT2D eigenvalue weighted by Gasteiger charge is 2.28. The van der Waals surface area contributed by atoms with E-state index in [0.29, 0.717) is 5.02 Å². The molecule has 0 radical (unpaired) electrons. The van der Waals surface area contributed by atoms with Crippen molar-refractivity contribution in [1.82, 2.24) is 4.31 Å². The zero-order valence-electron chi connectivity index (χ0n) is 17.8. The fourth-order valence-electron chi connectivity index (χ4n) is 5.09. The van der Waals surface area contributed by atoms with Gasteiger partial charge in [0.1, 0.15) is 0 Å². The van der Waals surface area contributed by atoms with Gasteiger partial charge in [0.05, 0.1) is 6.42 Å². The van der Waals surface area contributed by atoms with E-state index in [0.717, 1.165) is 47.0 Å². The van der Waals surface area contributed by atoms with E-state index in [1.165, 1.54) is 48.8 Å². The predicted octanol–water partition coefficient (Wildman–Crippen LogP) is 6.59. The second kappa shape index (κ2) is 9.33. The van der Waals surface area contributed by atoms with E-state index in [1.807, 2.05) is 24.3 Å². The van der Waals surface area contributed by atoms with Gasteiger partial charge in [-0.05, 0) is 84.2 Å². The molecule has 1 heterocycles. The van der Waals surface area contributed by atoms with Crippen LogP contribution in [0.4, 0.5) is 0 Å². The van der Waals surface area contributed by atoms with Gasteiger partial charge in [0, 0.05) is 23.4 Å². The van der Waals surface area contributed by atoms with Crippen LogP contribution in [0, 0.1) is 13.8 Å². The molecule has 0 amide bonds. The Hall–Kier alpha value is -1.49. The number of carboxylic acids is 1. The van der Waals surface area contributed by atoms with Gasteiger partial charge in [-0.1, -0.05) is 54.9 Å². The van der Waals surface area contributed by atoms with Gasteiger partial charge >= 0.3 is 5.97 Å². The molecule has 160 valence electrons. The predicted molar refractivity (Wildman–Crippen MR) is 126 cm³/mol. The molecule has 2 aromatic rings. The molecule has 0 atom stereocenters. The van der Waals surface area contributed by atoms with Gasteiger partial charge in [-0.3, -0.25) is 4.79 Å². The topological polar surface area (TPSA) is 40.5 Å². The SMILES string of the molecule is Cc1c2c(c(C)c(-c3ccc(Cl)cc3)c1CC(=O)O)CN(SC1CCCCC1)CC2. The minimum Gasteiger partial charge on any atom is -0.481 e. The van der Waals surface area contributed by atoms with Crippen LogP contribution in [0.1, 0.15) is 59.9 Å². The third-order valence-electron chi connectivity index (χ3n) is 6.66. The molecule has 1 saturated carbocycles. The molecule has 2 aromatic carbocycles. The molecule has 0 unspecified atom stereocenters. The third-order valence-corrected chi connectivity index (χ3v) is 8.29. The van der Waals surface area contributed by atoms with Gasteiger partial charge in [-0.15, -0.1) is 0 Å². The lowest BCUT2D eigenvalue weighted by molar-refractivity contribution is -0.136. The summed E-state index contributed by atoms with van der Waals surface area (Å²) in [5, 5.41) is 11.0. The summed E-state index contributed by atoms with van der Waals surface area (Å²) in [6.45, 7) is 6.26. The number of benzene rings is 2. The summed E-state index contributed by atoms with van der Waals surface area (Å²) in [6.07, 6.45) is 7.82. The maximum absolute atomic E-state index is 11.7. The molecule has 1 N–H and O–H groups in total. The van der Waals surface area contributed by atoms with Crippen molar-refractivity contribution in [3.63, 3.8) is 0 Å². The highest BCUT2D eigenvalue weighted by molar-refractivity contribution is 7.97. The van der Waals surface area contributed by atoms with Crippen molar-refractivity contribution in [3.05, 3.63) is 57.1 Å². The summed E-state index contributed by atoms with van der Waals surface area (Å²) in [4.78, 5) is 11.7. The Morgan fingerprint density at radius 2 is 1.80 bits per heavy atom. The zero-order valence-corrected chi connectivity index (χ0v) is 19.4. The van der Waals surface area contributed by atoms with Crippen LogP contribution in [0.15, 0.2) is 24.3 Å². The van der Waals surface area contributed by atoms with Gasteiger partial charge in [0.2, 0.25) is 0 Å². The van der Waals surface area contributed by atoms with Crippen molar-refractivity contribution < 1.29 is 9.90 Å². The van der Waals surface area contributed by atoms with Crippen LogP contribution in [0.25, 0.3) is 11.1 Å². The monoisotopic (exact) mass is 443 g/mol. The molecule has 1 aliphatic heterocycles. The smallest absolute Gasteiger partial charge is 0.307 e. The Kier molecular flexibility index (Phi) is 6.76. The molecule has 0 bridgehead atoms. The van der Waals surface area contributed by atoms with Crippen LogP contribution in [0.3, 0.4) is 0 Å². The molecule has 4 rings (SSSR count). The Bertz CT molecular complexity index is 935. The average Bonchev–Trinajstić information content (AvgIpc) is 2.73. The van der Waals surface area contributed by atoms with E-state index in [2.05, 4.69) is 30.1 Å². The molecule has 1 fully saturated rings. The molecule has 0 aromatic heterocycles. The number of carbonyl (C=O) groups is 1. The van der Waals surface area contributed by atoms with Gasteiger partial charge in [0.25, 0.3) is 0 Å². The van der Waals surface area contributed by atoms with E-state index >= 15 is 0 Å².